The Labute approximate surface area is 122 Å². The summed E-state index contributed by atoms with van der Waals surface area (Å²) in [6, 6.07) is 8.51. The predicted molar refractivity (Wildman–Crippen MR) is 82.2 cm³/mol. The highest BCUT2D eigenvalue weighted by atomic mass is 16.5. The maximum absolute atomic E-state index is 9.99. The van der Waals surface area contributed by atoms with Crippen molar-refractivity contribution < 1.29 is 9.84 Å². The number of aliphatic hydroxyl groups excluding tert-OH is 1. The van der Waals surface area contributed by atoms with E-state index in [-0.39, 0.29) is 0 Å². The van der Waals surface area contributed by atoms with E-state index in [1.807, 2.05) is 31.2 Å². The monoisotopic (exact) mass is 277 g/mol. The lowest BCUT2D eigenvalue weighted by molar-refractivity contribution is 0.103. The zero-order valence-corrected chi connectivity index (χ0v) is 12.5. The molecule has 0 radical (unpaired) electrons. The van der Waals surface area contributed by atoms with Crippen LogP contribution in [0.1, 0.15) is 44.1 Å². The van der Waals surface area contributed by atoms with Crippen LogP contribution >= 0.6 is 0 Å². The van der Waals surface area contributed by atoms with E-state index in [0.29, 0.717) is 19.2 Å². The Morgan fingerprint density at radius 1 is 1.25 bits per heavy atom. The molecule has 0 heterocycles. The summed E-state index contributed by atoms with van der Waals surface area (Å²) in [7, 11) is 0. The van der Waals surface area contributed by atoms with Crippen LogP contribution in [-0.2, 0) is 0 Å². The Kier molecular flexibility index (Phi) is 6.34. The first-order valence-corrected chi connectivity index (χ1v) is 7.85. The van der Waals surface area contributed by atoms with E-state index in [2.05, 4.69) is 5.32 Å². The van der Waals surface area contributed by atoms with Crippen molar-refractivity contribution in [3.63, 3.8) is 0 Å². The highest BCUT2D eigenvalue weighted by Gasteiger charge is 2.13. The summed E-state index contributed by atoms with van der Waals surface area (Å²) < 4.78 is 5.62. The largest absolute Gasteiger partial charge is 0.491 e. The van der Waals surface area contributed by atoms with Crippen molar-refractivity contribution in [1.29, 1.82) is 0 Å². The van der Waals surface area contributed by atoms with Gasteiger partial charge < -0.3 is 15.2 Å². The molecule has 0 saturated heterocycles. The standard InChI is InChI=1S/C17H27NO2/c1-14-7-6-10-17(11-14)20-13-16(19)12-18-15-8-4-2-3-5-9-15/h6-7,10-11,15-16,18-19H,2-5,8-9,12-13H2,1H3/t16-/m1/s1. The molecule has 20 heavy (non-hydrogen) atoms. The summed E-state index contributed by atoms with van der Waals surface area (Å²) in [5, 5.41) is 13.5. The highest BCUT2D eigenvalue weighted by Crippen LogP contribution is 2.17. The lowest BCUT2D eigenvalue weighted by Gasteiger charge is -2.19. The van der Waals surface area contributed by atoms with Gasteiger partial charge in [-0.1, -0.05) is 37.8 Å². The van der Waals surface area contributed by atoms with Gasteiger partial charge in [0.05, 0.1) is 0 Å². The minimum absolute atomic E-state index is 0.350. The van der Waals surface area contributed by atoms with Crippen molar-refractivity contribution in [3.8, 4) is 5.75 Å². The molecule has 0 aliphatic heterocycles. The Morgan fingerprint density at radius 2 is 2.00 bits per heavy atom. The number of aryl methyl sites for hydroxylation is 1. The number of ether oxygens (including phenoxy) is 1. The molecule has 1 atom stereocenters. The van der Waals surface area contributed by atoms with Gasteiger partial charge in [-0.2, -0.15) is 0 Å². The van der Waals surface area contributed by atoms with Gasteiger partial charge in [-0.3, -0.25) is 0 Å². The fourth-order valence-corrected chi connectivity index (χ4v) is 2.74. The van der Waals surface area contributed by atoms with Crippen molar-refractivity contribution in [3.05, 3.63) is 29.8 Å². The van der Waals surface area contributed by atoms with Gasteiger partial charge >= 0.3 is 0 Å². The first kappa shape index (κ1) is 15.3. The Morgan fingerprint density at radius 3 is 2.70 bits per heavy atom. The number of benzene rings is 1. The molecule has 1 fully saturated rings. The van der Waals surface area contributed by atoms with Crippen molar-refractivity contribution in [1.82, 2.24) is 5.32 Å². The fraction of sp³-hybridized carbons (Fsp3) is 0.647. The summed E-state index contributed by atoms with van der Waals surface area (Å²) in [5.74, 6) is 0.832. The van der Waals surface area contributed by atoms with Crippen molar-refractivity contribution >= 4 is 0 Å². The minimum atomic E-state index is -0.446. The van der Waals surface area contributed by atoms with Gasteiger partial charge in [0.1, 0.15) is 18.5 Å². The molecule has 3 heteroatoms. The molecule has 0 unspecified atom stereocenters. The molecule has 0 aromatic heterocycles. The van der Waals surface area contributed by atoms with E-state index in [1.54, 1.807) is 0 Å². The van der Waals surface area contributed by atoms with Crippen molar-refractivity contribution in [2.75, 3.05) is 13.2 Å². The molecule has 3 nitrogen and oxygen atoms in total. The van der Waals surface area contributed by atoms with Gasteiger partial charge in [-0.05, 0) is 37.5 Å². The molecular formula is C17H27NO2. The van der Waals surface area contributed by atoms with E-state index >= 15 is 0 Å². The maximum atomic E-state index is 9.99. The summed E-state index contributed by atoms with van der Waals surface area (Å²) in [6.45, 7) is 3.01. The normalized spacial score (nSPS) is 18.5. The Bertz CT molecular complexity index is 386. The Balaban J connectivity index is 1.65. The van der Waals surface area contributed by atoms with Crippen LogP contribution in [0.5, 0.6) is 5.75 Å². The lowest BCUT2D eigenvalue weighted by Crippen LogP contribution is -2.37. The molecule has 1 aromatic rings. The van der Waals surface area contributed by atoms with E-state index in [1.165, 1.54) is 44.1 Å². The molecule has 112 valence electrons. The topological polar surface area (TPSA) is 41.5 Å². The third-order valence-electron chi connectivity index (χ3n) is 3.93. The zero-order valence-electron chi connectivity index (χ0n) is 12.5. The molecule has 1 saturated carbocycles. The van der Waals surface area contributed by atoms with Gasteiger partial charge in [-0.15, -0.1) is 0 Å². The molecule has 0 amide bonds. The molecule has 1 aliphatic carbocycles. The van der Waals surface area contributed by atoms with Crippen LogP contribution < -0.4 is 10.1 Å². The summed E-state index contributed by atoms with van der Waals surface area (Å²) in [5.41, 5.74) is 1.17. The van der Waals surface area contributed by atoms with Gasteiger partial charge in [0.15, 0.2) is 0 Å². The van der Waals surface area contributed by atoms with Gasteiger partial charge in [-0.25, -0.2) is 0 Å². The predicted octanol–water partition coefficient (Wildman–Crippen LogP) is 3.05. The van der Waals surface area contributed by atoms with Crippen molar-refractivity contribution in [2.45, 2.75) is 57.6 Å². The molecule has 2 N–H and O–H groups in total. The fourth-order valence-electron chi connectivity index (χ4n) is 2.74. The second kappa shape index (κ2) is 8.28. The third kappa shape index (κ3) is 5.51. The molecule has 2 rings (SSSR count). The first-order valence-electron chi connectivity index (χ1n) is 7.85. The van der Waals surface area contributed by atoms with Gasteiger partial charge in [0.25, 0.3) is 0 Å². The highest BCUT2D eigenvalue weighted by molar-refractivity contribution is 5.27. The van der Waals surface area contributed by atoms with E-state index in [9.17, 15) is 5.11 Å². The van der Waals surface area contributed by atoms with Gasteiger partial charge in [0, 0.05) is 12.6 Å². The molecule has 1 aromatic carbocycles. The first-order chi connectivity index (χ1) is 9.74. The number of aliphatic hydroxyl groups is 1. The van der Waals surface area contributed by atoms with Crippen LogP contribution in [0.3, 0.4) is 0 Å². The molecule has 1 aliphatic rings. The smallest absolute Gasteiger partial charge is 0.119 e. The van der Waals surface area contributed by atoms with Crippen LogP contribution in [0.2, 0.25) is 0 Å². The average Bonchev–Trinajstić information content (AvgIpc) is 2.71. The van der Waals surface area contributed by atoms with Crippen LogP contribution in [0.15, 0.2) is 24.3 Å². The Hall–Kier alpha value is -1.06. The van der Waals surface area contributed by atoms with Crippen molar-refractivity contribution in [2.24, 2.45) is 0 Å². The van der Waals surface area contributed by atoms with Crippen LogP contribution in [0.25, 0.3) is 0 Å². The summed E-state index contributed by atoms with van der Waals surface area (Å²) >= 11 is 0. The second-order valence-electron chi connectivity index (χ2n) is 5.88. The zero-order chi connectivity index (χ0) is 14.2. The van der Waals surface area contributed by atoms with Crippen LogP contribution in [-0.4, -0.2) is 30.4 Å². The maximum Gasteiger partial charge on any atom is 0.119 e. The third-order valence-corrected chi connectivity index (χ3v) is 3.93. The SMILES string of the molecule is Cc1cccc(OC[C@H](O)CNC2CCCCCC2)c1. The van der Waals surface area contributed by atoms with E-state index in [0.717, 1.165) is 5.75 Å². The van der Waals surface area contributed by atoms with E-state index < -0.39 is 6.10 Å². The summed E-state index contributed by atoms with van der Waals surface area (Å²) in [6.07, 6.45) is 7.38. The summed E-state index contributed by atoms with van der Waals surface area (Å²) in [4.78, 5) is 0. The number of hydrogen-bond donors (Lipinski definition) is 2. The average molecular weight is 277 g/mol. The number of rotatable bonds is 6. The number of nitrogens with one attached hydrogen (secondary N) is 1. The van der Waals surface area contributed by atoms with Gasteiger partial charge in [0.2, 0.25) is 0 Å². The number of hydrogen-bond acceptors (Lipinski definition) is 3. The van der Waals surface area contributed by atoms with Crippen LogP contribution in [0, 0.1) is 6.92 Å². The van der Waals surface area contributed by atoms with Crippen LogP contribution in [0.4, 0.5) is 0 Å². The minimum Gasteiger partial charge on any atom is -0.491 e. The molecule has 0 spiro atoms. The van der Waals surface area contributed by atoms with E-state index in [4.69, 9.17) is 4.74 Å². The lowest BCUT2D eigenvalue weighted by atomic mass is 10.1. The molecular weight excluding hydrogens is 250 g/mol. The second-order valence-corrected chi connectivity index (χ2v) is 5.88. The molecule has 0 bridgehead atoms. The quantitative estimate of drug-likeness (QED) is 0.785.